The quantitative estimate of drug-likeness (QED) is 0.135. The van der Waals surface area contributed by atoms with Gasteiger partial charge in [-0.1, -0.05) is 261 Å². The van der Waals surface area contributed by atoms with Crippen LogP contribution >= 0.6 is 0 Å². The van der Waals surface area contributed by atoms with Gasteiger partial charge in [0.05, 0.1) is 0 Å². The van der Waals surface area contributed by atoms with E-state index in [1.807, 2.05) is 34.9 Å². The molecule has 440 valence electrons. The van der Waals surface area contributed by atoms with Crippen molar-refractivity contribution in [1.82, 2.24) is 9.55 Å². The third kappa shape index (κ3) is 8.80. The number of aryl methyl sites for hydroxylation is 2. The molecule has 0 fully saturated rings. The standard InChI is InChI=1S/C85H61N4O.Pt/c1-54-43-45-57(46-44-54)70-52-86-79(47-55(70)2)89-74-40-16-12-34-69(74)80-77(89)51-78(82-81(80)68-33-11-15-39-73(68)85(82)71-37-13-9-31-66(71)67-32-10-14-38-72(67)85)90-63-30-21-29-62(50-63)87-53-88(76-42-18-17-41-75(76)87)83-64(59-26-19-25-58(48-59)56-23-7-6-8-24-56)35-22-36-65(83)60-27-20-28-61(49-60)84(3,4)5;/h6-49,52-53H,1-5H3;/q-3;/i1D3,2D3;. The van der Waals surface area contributed by atoms with Crippen molar-refractivity contribution in [1.29, 1.82) is 0 Å². The zero-order chi connectivity index (χ0) is 65.4. The number of fused-ring (bicyclic) bond motifs is 15. The zero-order valence-electron chi connectivity index (χ0n) is 56.1. The summed E-state index contributed by atoms with van der Waals surface area (Å²) in [5.74, 6) is 1.30. The van der Waals surface area contributed by atoms with E-state index in [-0.39, 0.29) is 37.6 Å². The second-order valence-corrected chi connectivity index (χ2v) is 24.7. The first-order valence-electron chi connectivity index (χ1n) is 33.6. The van der Waals surface area contributed by atoms with Crippen LogP contribution in [0.2, 0.25) is 0 Å². The van der Waals surface area contributed by atoms with Crippen molar-refractivity contribution in [3.05, 3.63) is 331 Å². The number of aromatic nitrogens is 2. The van der Waals surface area contributed by atoms with Crippen molar-refractivity contribution in [2.24, 2.45) is 0 Å². The van der Waals surface area contributed by atoms with Crippen molar-refractivity contribution in [2.45, 2.75) is 45.3 Å². The molecule has 2 aromatic heterocycles. The van der Waals surface area contributed by atoms with E-state index >= 15 is 0 Å². The van der Waals surface area contributed by atoms with Gasteiger partial charge < -0.3 is 19.1 Å². The number of anilines is 4. The van der Waals surface area contributed by atoms with E-state index in [1.165, 1.54) is 17.7 Å². The van der Waals surface area contributed by atoms with Gasteiger partial charge in [-0.25, -0.2) is 4.98 Å². The Morgan fingerprint density at radius 3 is 1.81 bits per heavy atom. The Kier molecular flexibility index (Phi) is 11.8. The van der Waals surface area contributed by atoms with E-state index < -0.39 is 19.1 Å². The average Bonchev–Trinajstić information content (AvgIpc) is 1.49. The molecule has 1 spiro atoms. The van der Waals surface area contributed by atoms with Crippen LogP contribution in [-0.2, 0) is 31.9 Å². The van der Waals surface area contributed by atoms with Gasteiger partial charge in [-0.05, 0) is 127 Å². The normalized spacial score (nSPS) is 14.5. The van der Waals surface area contributed by atoms with E-state index in [0.29, 0.717) is 34.0 Å². The summed E-state index contributed by atoms with van der Waals surface area (Å²) in [6.45, 7) is 4.04. The minimum Gasteiger partial charge on any atom is -0.509 e. The molecule has 2 aliphatic carbocycles. The van der Waals surface area contributed by atoms with Crippen molar-refractivity contribution in [3.8, 4) is 84.1 Å². The van der Waals surface area contributed by atoms with Gasteiger partial charge >= 0.3 is 0 Å². The van der Waals surface area contributed by atoms with Gasteiger partial charge in [-0.3, -0.25) is 0 Å². The zero-order valence-corrected chi connectivity index (χ0v) is 52.3. The van der Waals surface area contributed by atoms with Gasteiger partial charge in [0.25, 0.3) is 0 Å². The van der Waals surface area contributed by atoms with Crippen LogP contribution in [0.15, 0.2) is 273 Å². The van der Waals surface area contributed by atoms with Crippen LogP contribution in [0.3, 0.4) is 0 Å². The molecule has 0 unspecified atom stereocenters. The minimum atomic E-state index is -2.59. The molecule has 0 amide bonds. The number of hydrogen-bond acceptors (Lipinski definition) is 4. The fourth-order valence-electron chi connectivity index (χ4n) is 14.5. The molecular formula is C85H61N4OPt-3. The van der Waals surface area contributed by atoms with Crippen LogP contribution in [-0.4, -0.2) is 9.55 Å². The molecule has 0 saturated carbocycles. The minimum absolute atomic E-state index is 0. The van der Waals surface area contributed by atoms with Crippen LogP contribution in [0, 0.1) is 32.5 Å². The number of para-hydroxylation sites is 4. The van der Waals surface area contributed by atoms with E-state index in [1.54, 1.807) is 24.4 Å². The first kappa shape index (κ1) is 49.5. The van der Waals surface area contributed by atoms with E-state index in [0.717, 1.165) is 117 Å². The van der Waals surface area contributed by atoms with Crippen molar-refractivity contribution in [2.75, 3.05) is 9.80 Å². The third-order valence-corrected chi connectivity index (χ3v) is 18.5. The largest absolute Gasteiger partial charge is 0.509 e. The van der Waals surface area contributed by atoms with Gasteiger partial charge in [-0.2, -0.15) is 6.07 Å². The second kappa shape index (κ2) is 21.7. The maximum absolute atomic E-state index is 9.00. The summed E-state index contributed by atoms with van der Waals surface area (Å²) in [5, 5.41) is 1.84. The summed E-state index contributed by atoms with van der Waals surface area (Å²) in [7, 11) is 0. The number of pyridine rings is 1. The maximum atomic E-state index is 9.00. The molecule has 17 rings (SSSR count). The average molecular weight is 1360 g/mol. The Balaban J connectivity index is 0.00000738. The van der Waals surface area contributed by atoms with E-state index in [2.05, 4.69) is 256 Å². The summed E-state index contributed by atoms with van der Waals surface area (Å²) in [6, 6.07) is 99.6. The van der Waals surface area contributed by atoms with Crippen LogP contribution < -0.4 is 14.5 Å². The van der Waals surface area contributed by atoms with Crippen molar-refractivity contribution in [3.63, 3.8) is 0 Å². The molecule has 12 aromatic carbocycles. The summed E-state index contributed by atoms with van der Waals surface area (Å²) in [6.07, 6.45) is 1.59. The molecule has 3 aliphatic rings. The molecule has 0 radical (unpaired) electrons. The molecule has 0 bridgehead atoms. The molecule has 0 saturated heterocycles. The Labute approximate surface area is 554 Å². The molecular weight excluding hydrogens is 1290 g/mol. The molecule has 1 aliphatic heterocycles. The predicted octanol–water partition coefficient (Wildman–Crippen LogP) is 21.9. The molecule has 14 aromatic rings. The monoisotopic (exact) mass is 1350 g/mol. The molecule has 0 N–H and O–H groups in total. The van der Waals surface area contributed by atoms with Gasteiger partial charge in [0.1, 0.15) is 5.82 Å². The van der Waals surface area contributed by atoms with E-state index in [9.17, 15) is 0 Å². The Hall–Kier alpha value is -10.3. The van der Waals surface area contributed by atoms with E-state index in [4.69, 9.17) is 17.9 Å². The van der Waals surface area contributed by atoms with Gasteiger partial charge in [0, 0.05) is 91.7 Å². The maximum Gasteiger partial charge on any atom is 0.135 e. The fourth-order valence-corrected chi connectivity index (χ4v) is 14.5. The van der Waals surface area contributed by atoms with Gasteiger partial charge in [0.15, 0.2) is 0 Å². The summed E-state index contributed by atoms with van der Waals surface area (Å²) < 4.78 is 60.7. The fraction of sp³-hybridized carbons (Fsp3) is 0.0824. The predicted molar refractivity (Wildman–Crippen MR) is 370 cm³/mol. The summed E-state index contributed by atoms with van der Waals surface area (Å²) in [5.41, 5.74) is 21.8. The first-order chi connectivity index (χ1) is 46.5. The Morgan fingerprint density at radius 2 is 1.09 bits per heavy atom. The number of nitrogens with zero attached hydrogens (tertiary/aromatic N) is 4. The van der Waals surface area contributed by atoms with Gasteiger partial charge in [0.2, 0.25) is 0 Å². The van der Waals surface area contributed by atoms with Crippen LogP contribution in [0.5, 0.6) is 11.5 Å². The molecule has 3 heterocycles. The number of ether oxygens (including phenoxy) is 1. The Bertz CT molecular complexity index is 5430. The third-order valence-electron chi connectivity index (χ3n) is 18.5. The first-order valence-corrected chi connectivity index (χ1v) is 30.6. The number of benzene rings is 12. The molecule has 0 atom stereocenters. The van der Waals surface area contributed by atoms with Crippen LogP contribution in [0.25, 0.3) is 94.4 Å². The summed E-state index contributed by atoms with van der Waals surface area (Å²) in [4.78, 5) is 9.65. The van der Waals surface area contributed by atoms with Crippen molar-refractivity contribution >= 4 is 44.6 Å². The smallest absolute Gasteiger partial charge is 0.135 e. The second-order valence-electron chi connectivity index (χ2n) is 24.7. The Morgan fingerprint density at radius 1 is 0.495 bits per heavy atom. The molecule has 91 heavy (non-hydrogen) atoms. The topological polar surface area (TPSA) is 33.5 Å². The number of hydrogen-bond donors (Lipinski definition) is 0. The van der Waals surface area contributed by atoms with Crippen LogP contribution in [0.1, 0.15) is 67.9 Å². The molecule has 6 heteroatoms. The SMILES string of the molecule is [2H]C([2H])([2H])c1ccc(-c2cnc(-n3c4[c-]c(Oc5[c-]c(N6[CH-]N(c7c(-c8cccc(-c9ccccc9)c8)cccc7-c7cccc(C(C)(C)C)c7)c7ccccc76)ccc5)c5c(c4c4ccccc43)-c3ccccc3C53c4ccccc4-c4ccccc43)cc2C([2H])([2H])[2H])cc1.[Pt]. The van der Waals surface area contributed by atoms with Crippen LogP contribution in [0.4, 0.5) is 22.7 Å². The summed E-state index contributed by atoms with van der Waals surface area (Å²) >= 11 is 0. The van der Waals surface area contributed by atoms with Gasteiger partial charge in [-0.15, -0.1) is 42.2 Å². The number of rotatable bonds is 9. The molecule has 5 nitrogen and oxygen atoms in total. The van der Waals surface area contributed by atoms with Crippen molar-refractivity contribution < 1.29 is 34.0 Å².